The Balaban J connectivity index is 1.24. The SMILES string of the molecule is O=C(CN1CC=C(c2ccccc2)CC1)NCCc1c[nH]c2ccccc12. The van der Waals surface area contributed by atoms with Gasteiger partial charge in [0, 0.05) is 36.7 Å². The number of nitrogens with zero attached hydrogens (tertiary/aromatic N) is 1. The van der Waals surface area contributed by atoms with Crippen LogP contribution >= 0.6 is 0 Å². The second kappa shape index (κ2) is 8.23. The zero-order valence-corrected chi connectivity index (χ0v) is 15.4. The summed E-state index contributed by atoms with van der Waals surface area (Å²) in [6.45, 7) is 2.89. The first-order chi connectivity index (χ1) is 13.3. The molecule has 4 nitrogen and oxygen atoms in total. The molecule has 0 spiro atoms. The number of H-pyrrole nitrogens is 1. The maximum atomic E-state index is 12.3. The number of benzene rings is 2. The number of carbonyl (C=O) groups is 1. The number of rotatable bonds is 6. The van der Waals surface area contributed by atoms with Gasteiger partial charge in [-0.15, -0.1) is 0 Å². The highest BCUT2D eigenvalue weighted by molar-refractivity contribution is 5.83. The largest absolute Gasteiger partial charge is 0.361 e. The topological polar surface area (TPSA) is 48.1 Å². The average molecular weight is 359 g/mol. The van der Waals surface area contributed by atoms with Crippen LogP contribution in [0.15, 0.2) is 66.9 Å². The number of para-hydroxylation sites is 1. The van der Waals surface area contributed by atoms with E-state index in [1.54, 1.807) is 0 Å². The first-order valence-electron chi connectivity index (χ1n) is 9.58. The third-order valence-electron chi connectivity index (χ3n) is 5.20. The van der Waals surface area contributed by atoms with Crippen molar-refractivity contribution in [3.05, 3.63) is 78.0 Å². The number of fused-ring (bicyclic) bond motifs is 1. The summed E-state index contributed by atoms with van der Waals surface area (Å²) < 4.78 is 0. The Morgan fingerprint density at radius 1 is 1.07 bits per heavy atom. The molecule has 1 amide bonds. The zero-order valence-electron chi connectivity index (χ0n) is 15.4. The van der Waals surface area contributed by atoms with Crippen molar-refractivity contribution in [1.82, 2.24) is 15.2 Å². The molecule has 0 bridgehead atoms. The summed E-state index contributed by atoms with van der Waals surface area (Å²) in [6, 6.07) is 18.8. The molecule has 0 fully saturated rings. The normalized spacial score (nSPS) is 14.9. The van der Waals surface area contributed by atoms with Crippen LogP contribution in [0.2, 0.25) is 0 Å². The number of aromatic nitrogens is 1. The number of amides is 1. The molecule has 0 saturated carbocycles. The highest BCUT2D eigenvalue weighted by Crippen LogP contribution is 2.21. The molecule has 0 saturated heterocycles. The second-order valence-electron chi connectivity index (χ2n) is 7.04. The quantitative estimate of drug-likeness (QED) is 0.706. The Bertz CT molecular complexity index is 942. The first-order valence-corrected chi connectivity index (χ1v) is 9.58. The van der Waals surface area contributed by atoms with Crippen molar-refractivity contribution in [2.24, 2.45) is 0 Å². The maximum absolute atomic E-state index is 12.3. The van der Waals surface area contributed by atoms with Gasteiger partial charge in [0.05, 0.1) is 6.54 Å². The minimum atomic E-state index is 0.103. The van der Waals surface area contributed by atoms with Crippen LogP contribution in [0.5, 0.6) is 0 Å². The van der Waals surface area contributed by atoms with Gasteiger partial charge in [0.2, 0.25) is 5.91 Å². The van der Waals surface area contributed by atoms with E-state index in [1.165, 1.54) is 22.1 Å². The van der Waals surface area contributed by atoms with Gasteiger partial charge in [0.25, 0.3) is 0 Å². The van der Waals surface area contributed by atoms with Crippen molar-refractivity contribution in [2.45, 2.75) is 12.8 Å². The molecule has 0 atom stereocenters. The fourth-order valence-electron chi connectivity index (χ4n) is 3.70. The van der Waals surface area contributed by atoms with Gasteiger partial charge in [-0.2, -0.15) is 0 Å². The van der Waals surface area contributed by atoms with E-state index in [9.17, 15) is 4.79 Å². The molecule has 0 radical (unpaired) electrons. The standard InChI is InChI=1S/C23H25N3O/c27-23(24-13-10-20-16-25-22-9-5-4-8-21(20)22)17-26-14-11-19(12-15-26)18-6-2-1-3-7-18/h1-9,11,16,25H,10,12-15,17H2,(H,24,27). The van der Waals surface area contributed by atoms with Gasteiger partial charge in [-0.3, -0.25) is 9.69 Å². The minimum absolute atomic E-state index is 0.103. The summed E-state index contributed by atoms with van der Waals surface area (Å²) in [4.78, 5) is 17.8. The van der Waals surface area contributed by atoms with Crippen LogP contribution in [0.3, 0.4) is 0 Å². The van der Waals surface area contributed by atoms with Gasteiger partial charge in [-0.25, -0.2) is 0 Å². The summed E-state index contributed by atoms with van der Waals surface area (Å²) in [6.07, 6.45) is 6.12. The van der Waals surface area contributed by atoms with Gasteiger partial charge in [-0.1, -0.05) is 54.6 Å². The van der Waals surface area contributed by atoms with Gasteiger partial charge in [-0.05, 0) is 35.6 Å². The Morgan fingerprint density at radius 3 is 2.70 bits per heavy atom. The van der Waals surface area contributed by atoms with Crippen molar-refractivity contribution >= 4 is 22.4 Å². The van der Waals surface area contributed by atoms with Gasteiger partial charge < -0.3 is 10.3 Å². The summed E-state index contributed by atoms with van der Waals surface area (Å²) in [7, 11) is 0. The lowest BCUT2D eigenvalue weighted by molar-refractivity contribution is -0.122. The van der Waals surface area contributed by atoms with E-state index in [-0.39, 0.29) is 5.91 Å². The molecule has 4 heteroatoms. The van der Waals surface area contributed by atoms with Crippen LogP contribution in [-0.4, -0.2) is 42.0 Å². The van der Waals surface area contributed by atoms with Crippen LogP contribution in [0.4, 0.5) is 0 Å². The molecular weight excluding hydrogens is 334 g/mol. The van der Waals surface area contributed by atoms with E-state index in [0.29, 0.717) is 13.1 Å². The lowest BCUT2D eigenvalue weighted by Gasteiger charge is -2.25. The third kappa shape index (κ3) is 4.29. The summed E-state index contributed by atoms with van der Waals surface area (Å²) in [5.74, 6) is 0.103. The van der Waals surface area contributed by atoms with Crippen molar-refractivity contribution in [2.75, 3.05) is 26.2 Å². The summed E-state index contributed by atoms with van der Waals surface area (Å²) >= 11 is 0. The monoisotopic (exact) mass is 359 g/mol. The molecule has 2 aromatic carbocycles. The van der Waals surface area contributed by atoms with E-state index in [0.717, 1.165) is 31.4 Å². The highest BCUT2D eigenvalue weighted by atomic mass is 16.2. The first kappa shape index (κ1) is 17.6. The molecular formula is C23H25N3O. The van der Waals surface area contributed by atoms with Crippen molar-refractivity contribution in [1.29, 1.82) is 0 Å². The Morgan fingerprint density at radius 2 is 1.89 bits per heavy atom. The molecule has 1 aromatic heterocycles. The summed E-state index contributed by atoms with van der Waals surface area (Å²) in [5, 5.41) is 4.30. The Kier molecular flexibility index (Phi) is 5.35. The molecule has 0 unspecified atom stereocenters. The predicted octanol–water partition coefficient (Wildman–Crippen LogP) is 3.62. The molecule has 1 aliphatic rings. The van der Waals surface area contributed by atoms with E-state index < -0.39 is 0 Å². The Hall–Kier alpha value is -2.85. The van der Waals surface area contributed by atoms with Crippen LogP contribution in [0.25, 0.3) is 16.5 Å². The number of nitrogens with one attached hydrogen (secondary N) is 2. The van der Waals surface area contributed by atoms with E-state index >= 15 is 0 Å². The second-order valence-corrected chi connectivity index (χ2v) is 7.04. The lowest BCUT2D eigenvalue weighted by atomic mass is 10.00. The van der Waals surface area contributed by atoms with Crippen molar-refractivity contribution in [3.8, 4) is 0 Å². The number of carbonyl (C=O) groups excluding carboxylic acids is 1. The number of aromatic amines is 1. The maximum Gasteiger partial charge on any atom is 0.234 e. The highest BCUT2D eigenvalue weighted by Gasteiger charge is 2.15. The van der Waals surface area contributed by atoms with Crippen LogP contribution in [0, 0.1) is 0 Å². The molecule has 1 aliphatic heterocycles. The van der Waals surface area contributed by atoms with Gasteiger partial charge in [0.15, 0.2) is 0 Å². The zero-order chi connectivity index (χ0) is 18.5. The van der Waals surface area contributed by atoms with Crippen LogP contribution in [0.1, 0.15) is 17.5 Å². The van der Waals surface area contributed by atoms with Gasteiger partial charge in [0.1, 0.15) is 0 Å². The van der Waals surface area contributed by atoms with Gasteiger partial charge >= 0.3 is 0 Å². The Labute approximate surface area is 159 Å². The molecule has 27 heavy (non-hydrogen) atoms. The molecule has 0 aliphatic carbocycles. The molecule has 2 N–H and O–H groups in total. The molecule has 3 aromatic rings. The van der Waals surface area contributed by atoms with E-state index in [1.807, 2.05) is 24.4 Å². The molecule has 4 rings (SSSR count). The molecule has 2 heterocycles. The summed E-state index contributed by atoms with van der Waals surface area (Å²) in [5.41, 5.74) is 5.07. The average Bonchev–Trinajstić information content (AvgIpc) is 3.12. The van der Waals surface area contributed by atoms with Crippen LogP contribution in [-0.2, 0) is 11.2 Å². The molecule has 138 valence electrons. The fraction of sp³-hybridized carbons (Fsp3) is 0.261. The number of hydrogen-bond acceptors (Lipinski definition) is 2. The number of hydrogen-bond donors (Lipinski definition) is 2. The van der Waals surface area contributed by atoms with Crippen LogP contribution < -0.4 is 5.32 Å². The van der Waals surface area contributed by atoms with Crippen molar-refractivity contribution in [3.63, 3.8) is 0 Å². The lowest BCUT2D eigenvalue weighted by Crippen LogP contribution is -2.39. The minimum Gasteiger partial charge on any atom is -0.361 e. The van der Waals surface area contributed by atoms with E-state index in [4.69, 9.17) is 0 Å². The smallest absolute Gasteiger partial charge is 0.234 e. The fourth-order valence-corrected chi connectivity index (χ4v) is 3.70. The predicted molar refractivity (Wildman–Crippen MR) is 110 cm³/mol. The van der Waals surface area contributed by atoms with Crippen molar-refractivity contribution < 1.29 is 4.79 Å². The van der Waals surface area contributed by atoms with E-state index in [2.05, 4.69) is 57.7 Å². The third-order valence-corrected chi connectivity index (χ3v) is 5.20.